The minimum atomic E-state index is -0.307. The van der Waals surface area contributed by atoms with Gasteiger partial charge in [-0.05, 0) is 56.4 Å². The third kappa shape index (κ3) is 4.14. The molecular weight excluding hydrogens is 269 g/mol. The van der Waals surface area contributed by atoms with E-state index >= 15 is 0 Å². The molecule has 0 aliphatic carbocycles. The first kappa shape index (κ1) is 15.7. The fourth-order valence-corrected chi connectivity index (χ4v) is 2.71. The minimum Gasteiger partial charge on any atom is -0.393 e. The third-order valence-electron chi connectivity index (χ3n) is 4.10. The lowest BCUT2D eigenvalue weighted by molar-refractivity contribution is -0.128. The highest BCUT2D eigenvalue weighted by Crippen LogP contribution is 2.22. The van der Waals surface area contributed by atoms with Gasteiger partial charge >= 0.3 is 0 Å². The van der Waals surface area contributed by atoms with Crippen LogP contribution in [0.4, 0.5) is 4.39 Å². The van der Waals surface area contributed by atoms with Crippen molar-refractivity contribution in [1.82, 2.24) is 4.90 Å². The molecule has 0 bridgehead atoms. The Morgan fingerprint density at radius 1 is 1.33 bits per heavy atom. The van der Waals surface area contributed by atoms with Gasteiger partial charge in [0.15, 0.2) is 0 Å². The molecule has 1 aliphatic heterocycles. The van der Waals surface area contributed by atoms with Gasteiger partial charge in [0.2, 0.25) is 5.91 Å². The summed E-state index contributed by atoms with van der Waals surface area (Å²) in [6.07, 6.45) is 3.15. The predicted molar refractivity (Wildman–Crippen MR) is 81.0 cm³/mol. The number of hydrogen-bond donors (Lipinski definition) is 1. The normalized spacial score (nSPS) is 18.7. The van der Waals surface area contributed by atoms with Crippen LogP contribution in [0.2, 0.25) is 0 Å². The Balaban J connectivity index is 1.98. The quantitative estimate of drug-likeness (QED) is 0.870. The Morgan fingerprint density at radius 3 is 2.43 bits per heavy atom. The van der Waals surface area contributed by atoms with E-state index in [0.29, 0.717) is 18.7 Å². The largest absolute Gasteiger partial charge is 0.393 e. The Labute approximate surface area is 125 Å². The zero-order valence-corrected chi connectivity index (χ0v) is 12.6. The van der Waals surface area contributed by atoms with E-state index in [4.69, 9.17) is 0 Å². The molecule has 0 saturated carbocycles. The molecule has 1 unspecified atom stereocenters. The number of aliphatic hydroxyl groups excluding tert-OH is 1. The first-order chi connectivity index (χ1) is 9.97. The smallest absolute Gasteiger partial charge is 0.249 e. The summed E-state index contributed by atoms with van der Waals surface area (Å²) in [6, 6.07) is 6.09. The number of hydrogen-bond acceptors (Lipinski definition) is 2. The molecule has 1 aliphatic rings. The number of benzene rings is 1. The van der Waals surface area contributed by atoms with E-state index in [9.17, 15) is 14.3 Å². The van der Waals surface area contributed by atoms with Gasteiger partial charge in [0.05, 0.1) is 6.10 Å². The maximum Gasteiger partial charge on any atom is 0.249 e. The zero-order chi connectivity index (χ0) is 15.4. The summed E-state index contributed by atoms with van der Waals surface area (Å²) in [5.41, 5.74) is 1.47. The van der Waals surface area contributed by atoms with Crippen LogP contribution in [0, 0.1) is 11.7 Å². The van der Waals surface area contributed by atoms with Crippen LogP contribution in [0.5, 0.6) is 0 Å². The Bertz CT molecular complexity index is 514. The van der Waals surface area contributed by atoms with Gasteiger partial charge in [0.1, 0.15) is 5.82 Å². The summed E-state index contributed by atoms with van der Waals surface area (Å²) in [4.78, 5) is 14.2. The Morgan fingerprint density at radius 2 is 1.90 bits per heavy atom. The molecule has 1 fully saturated rings. The second-order valence-corrected chi connectivity index (χ2v) is 5.75. The molecule has 1 saturated heterocycles. The number of rotatable bonds is 3. The summed E-state index contributed by atoms with van der Waals surface area (Å²) in [5, 5.41) is 9.58. The predicted octanol–water partition coefficient (Wildman–Crippen LogP) is 2.85. The molecule has 1 atom stereocenters. The van der Waals surface area contributed by atoms with Crippen LogP contribution in [0.1, 0.15) is 32.3 Å². The van der Waals surface area contributed by atoms with Crippen molar-refractivity contribution in [1.29, 1.82) is 0 Å². The van der Waals surface area contributed by atoms with E-state index < -0.39 is 0 Å². The average Bonchev–Trinajstić information content (AvgIpc) is 2.49. The summed E-state index contributed by atoms with van der Waals surface area (Å²) >= 11 is 0. The van der Waals surface area contributed by atoms with E-state index in [1.807, 2.05) is 11.8 Å². The molecule has 0 radical (unpaired) electrons. The van der Waals surface area contributed by atoms with Crippen LogP contribution in [0.25, 0.3) is 6.08 Å². The Hall–Kier alpha value is -1.68. The molecule has 0 aromatic heterocycles. The number of amides is 1. The number of aliphatic hydroxyl groups is 1. The Kier molecular flexibility index (Phi) is 5.12. The number of carbonyl (C=O) groups excluding carboxylic acids is 1. The molecule has 1 aromatic rings. The van der Waals surface area contributed by atoms with E-state index in [1.54, 1.807) is 25.1 Å². The van der Waals surface area contributed by atoms with Gasteiger partial charge in [0.25, 0.3) is 0 Å². The maximum atomic E-state index is 12.9. The zero-order valence-electron chi connectivity index (χ0n) is 12.6. The molecule has 114 valence electrons. The highest BCUT2D eigenvalue weighted by Gasteiger charge is 2.25. The molecule has 21 heavy (non-hydrogen) atoms. The standard InChI is InChI=1S/C17H22FNO2/c1-12(11-14-3-5-16(18)6-4-14)17(21)19-9-7-15(8-10-19)13(2)20/h3-6,11,13,15,20H,7-10H2,1-2H3. The van der Waals surface area contributed by atoms with Crippen molar-refractivity contribution in [3.8, 4) is 0 Å². The third-order valence-corrected chi connectivity index (χ3v) is 4.10. The van der Waals surface area contributed by atoms with Crippen molar-refractivity contribution in [3.05, 3.63) is 41.2 Å². The second kappa shape index (κ2) is 6.85. The fourth-order valence-electron chi connectivity index (χ4n) is 2.71. The topological polar surface area (TPSA) is 40.5 Å². The van der Waals surface area contributed by atoms with Crippen molar-refractivity contribution in [2.75, 3.05) is 13.1 Å². The molecule has 4 heteroatoms. The van der Waals surface area contributed by atoms with Gasteiger partial charge < -0.3 is 10.0 Å². The summed E-state index contributed by atoms with van der Waals surface area (Å²) < 4.78 is 12.9. The molecule has 1 N–H and O–H groups in total. The first-order valence-electron chi connectivity index (χ1n) is 7.38. The highest BCUT2D eigenvalue weighted by molar-refractivity contribution is 5.97. The van der Waals surface area contributed by atoms with Crippen LogP contribution in [0.3, 0.4) is 0 Å². The maximum absolute atomic E-state index is 12.9. The SMILES string of the molecule is CC(=Cc1ccc(F)cc1)C(=O)N1CCC(C(C)O)CC1. The van der Waals surface area contributed by atoms with E-state index in [-0.39, 0.29) is 23.7 Å². The van der Waals surface area contributed by atoms with Crippen LogP contribution in [0.15, 0.2) is 29.8 Å². The molecule has 2 rings (SSSR count). The van der Waals surface area contributed by atoms with Crippen LogP contribution in [-0.2, 0) is 4.79 Å². The minimum absolute atomic E-state index is 0.0170. The van der Waals surface area contributed by atoms with Gasteiger partial charge in [-0.2, -0.15) is 0 Å². The number of likely N-dealkylation sites (tertiary alicyclic amines) is 1. The second-order valence-electron chi connectivity index (χ2n) is 5.75. The fraction of sp³-hybridized carbons (Fsp3) is 0.471. The van der Waals surface area contributed by atoms with Crippen molar-refractivity contribution in [2.24, 2.45) is 5.92 Å². The number of carbonyl (C=O) groups is 1. The van der Waals surface area contributed by atoms with Crippen molar-refractivity contribution in [3.63, 3.8) is 0 Å². The van der Waals surface area contributed by atoms with Crippen LogP contribution in [-0.4, -0.2) is 35.1 Å². The van der Waals surface area contributed by atoms with Gasteiger partial charge in [0, 0.05) is 18.7 Å². The number of halogens is 1. The van der Waals surface area contributed by atoms with Gasteiger partial charge in [-0.3, -0.25) is 4.79 Å². The number of piperidine rings is 1. The molecule has 3 nitrogen and oxygen atoms in total. The lowest BCUT2D eigenvalue weighted by atomic mass is 9.92. The highest BCUT2D eigenvalue weighted by atomic mass is 19.1. The van der Waals surface area contributed by atoms with Crippen molar-refractivity contribution < 1.29 is 14.3 Å². The van der Waals surface area contributed by atoms with Gasteiger partial charge in [-0.1, -0.05) is 12.1 Å². The monoisotopic (exact) mass is 291 g/mol. The van der Waals surface area contributed by atoms with E-state index in [0.717, 1.165) is 18.4 Å². The summed E-state index contributed by atoms with van der Waals surface area (Å²) in [5.74, 6) is 0.0233. The lowest BCUT2D eigenvalue weighted by Crippen LogP contribution is -2.41. The van der Waals surface area contributed by atoms with Crippen LogP contribution >= 0.6 is 0 Å². The van der Waals surface area contributed by atoms with Gasteiger partial charge in [-0.25, -0.2) is 4.39 Å². The van der Waals surface area contributed by atoms with Crippen LogP contribution < -0.4 is 0 Å². The van der Waals surface area contributed by atoms with Gasteiger partial charge in [-0.15, -0.1) is 0 Å². The average molecular weight is 291 g/mol. The molecule has 0 spiro atoms. The molecule has 1 amide bonds. The first-order valence-corrected chi connectivity index (χ1v) is 7.38. The lowest BCUT2D eigenvalue weighted by Gasteiger charge is -2.33. The van der Waals surface area contributed by atoms with E-state index in [1.165, 1.54) is 12.1 Å². The summed E-state index contributed by atoms with van der Waals surface area (Å²) in [7, 11) is 0. The molecule has 1 heterocycles. The molecule has 1 aromatic carbocycles. The summed E-state index contributed by atoms with van der Waals surface area (Å²) in [6.45, 7) is 4.96. The van der Waals surface area contributed by atoms with E-state index in [2.05, 4.69) is 0 Å². The number of nitrogens with zero attached hydrogens (tertiary/aromatic N) is 1. The van der Waals surface area contributed by atoms with Crippen molar-refractivity contribution in [2.45, 2.75) is 32.8 Å². The molecular formula is C17H22FNO2. The van der Waals surface area contributed by atoms with Crippen molar-refractivity contribution >= 4 is 12.0 Å².